The van der Waals surface area contributed by atoms with E-state index in [0.29, 0.717) is 16.8 Å². The average Bonchev–Trinajstić information content (AvgIpc) is 2.69. The molecule has 0 spiro atoms. The third-order valence-electron chi connectivity index (χ3n) is 4.81. The van der Waals surface area contributed by atoms with E-state index < -0.39 is 0 Å². The van der Waals surface area contributed by atoms with Gasteiger partial charge in [0.15, 0.2) is 0 Å². The monoisotopic (exact) mass is 380 g/mol. The number of amides is 2. The summed E-state index contributed by atoms with van der Waals surface area (Å²) in [5.74, 6) is 0.330. The summed E-state index contributed by atoms with van der Waals surface area (Å²) < 4.78 is 6.01. The van der Waals surface area contributed by atoms with Crippen molar-refractivity contribution >= 4 is 17.5 Å². The van der Waals surface area contributed by atoms with Crippen molar-refractivity contribution in [2.45, 2.75) is 58.1 Å². The molecule has 0 heterocycles. The number of rotatable bonds is 6. The second-order valence-electron chi connectivity index (χ2n) is 7.53. The van der Waals surface area contributed by atoms with Crippen molar-refractivity contribution in [1.82, 2.24) is 5.32 Å². The van der Waals surface area contributed by atoms with Crippen LogP contribution in [0.2, 0.25) is 0 Å². The van der Waals surface area contributed by atoms with Crippen LogP contribution in [0.15, 0.2) is 48.5 Å². The third-order valence-corrected chi connectivity index (χ3v) is 4.81. The number of carbonyl (C=O) groups is 2. The number of carbonyl (C=O) groups excluding carboxylic acids is 2. The topological polar surface area (TPSA) is 67.4 Å². The standard InChI is InChI=1S/C23H28N2O3/c1-16(2)24-23(27)20-10-6-7-11-21(20)25-22(26)17-12-14-19(15-13-17)28-18-8-4-3-5-9-18/h6-7,10-16,18H,3-5,8-9H2,1-2H3,(H,24,27)(H,25,26). The number of hydrogen-bond acceptors (Lipinski definition) is 3. The molecule has 2 N–H and O–H groups in total. The van der Waals surface area contributed by atoms with Gasteiger partial charge < -0.3 is 15.4 Å². The summed E-state index contributed by atoms with van der Waals surface area (Å²) in [7, 11) is 0. The van der Waals surface area contributed by atoms with Crippen molar-refractivity contribution in [3.8, 4) is 5.75 Å². The highest BCUT2D eigenvalue weighted by atomic mass is 16.5. The highest BCUT2D eigenvalue weighted by Gasteiger charge is 2.16. The molecule has 1 fully saturated rings. The smallest absolute Gasteiger partial charge is 0.255 e. The van der Waals surface area contributed by atoms with Gasteiger partial charge in [0, 0.05) is 11.6 Å². The number of hydrogen-bond donors (Lipinski definition) is 2. The maximum atomic E-state index is 12.6. The Morgan fingerprint density at radius 2 is 1.61 bits per heavy atom. The van der Waals surface area contributed by atoms with Crippen LogP contribution in [0.3, 0.4) is 0 Å². The third kappa shape index (κ3) is 5.35. The first kappa shape index (κ1) is 19.9. The molecule has 28 heavy (non-hydrogen) atoms. The van der Waals surface area contributed by atoms with Crippen LogP contribution in [0, 0.1) is 0 Å². The van der Waals surface area contributed by atoms with Crippen molar-refractivity contribution in [2.75, 3.05) is 5.32 Å². The van der Waals surface area contributed by atoms with Crippen LogP contribution in [-0.2, 0) is 0 Å². The van der Waals surface area contributed by atoms with E-state index in [1.807, 2.05) is 26.0 Å². The minimum atomic E-state index is -0.256. The van der Waals surface area contributed by atoms with E-state index in [1.54, 1.807) is 36.4 Å². The second kappa shape index (κ2) is 9.40. The number of nitrogens with one attached hydrogen (secondary N) is 2. The van der Waals surface area contributed by atoms with Gasteiger partial charge in [-0.3, -0.25) is 9.59 Å². The van der Waals surface area contributed by atoms with Gasteiger partial charge >= 0.3 is 0 Å². The maximum Gasteiger partial charge on any atom is 0.255 e. The number of benzene rings is 2. The summed E-state index contributed by atoms with van der Waals surface area (Å²) in [6.07, 6.45) is 6.19. The van der Waals surface area contributed by atoms with Crippen LogP contribution in [0.5, 0.6) is 5.75 Å². The molecule has 2 amide bonds. The molecular weight excluding hydrogens is 352 g/mol. The minimum absolute atomic E-state index is 0.0213. The molecule has 1 saturated carbocycles. The Labute approximate surface area is 166 Å². The molecule has 2 aromatic rings. The Bertz CT molecular complexity index is 809. The molecule has 1 aliphatic carbocycles. The first-order valence-electron chi connectivity index (χ1n) is 10.0. The first-order valence-corrected chi connectivity index (χ1v) is 10.0. The highest BCUT2D eigenvalue weighted by Crippen LogP contribution is 2.24. The first-order chi connectivity index (χ1) is 13.5. The summed E-state index contributed by atoms with van der Waals surface area (Å²) in [5.41, 5.74) is 1.46. The summed E-state index contributed by atoms with van der Waals surface area (Å²) >= 11 is 0. The van der Waals surface area contributed by atoms with Crippen LogP contribution >= 0.6 is 0 Å². The second-order valence-corrected chi connectivity index (χ2v) is 7.53. The summed E-state index contributed by atoms with van der Waals surface area (Å²) in [4.78, 5) is 25.0. The Hall–Kier alpha value is -2.82. The Morgan fingerprint density at radius 3 is 2.29 bits per heavy atom. The summed E-state index contributed by atoms with van der Waals surface area (Å²) in [5, 5.41) is 5.69. The van der Waals surface area contributed by atoms with Crippen molar-refractivity contribution < 1.29 is 14.3 Å². The van der Waals surface area contributed by atoms with Crippen LogP contribution in [0.25, 0.3) is 0 Å². The zero-order chi connectivity index (χ0) is 19.9. The summed E-state index contributed by atoms with van der Waals surface area (Å²) in [6.45, 7) is 3.80. The van der Waals surface area contributed by atoms with Gasteiger partial charge in [0.25, 0.3) is 11.8 Å². The summed E-state index contributed by atoms with van der Waals surface area (Å²) in [6, 6.07) is 14.2. The number of para-hydroxylation sites is 1. The normalized spacial score (nSPS) is 14.5. The van der Waals surface area contributed by atoms with E-state index in [-0.39, 0.29) is 24.0 Å². The van der Waals surface area contributed by atoms with E-state index >= 15 is 0 Å². The van der Waals surface area contributed by atoms with Crippen molar-refractivity contribution in [1.29, 1.82) is 0 Å². The van der Waals surface area contributed by atoms with E-state index in [4.69, 9.17) is 4.74 Å². The zero-order valence-electron chi connectivity index (χ0n) is 16.5. The van der Waals surface area contributed by atoms with Gasteiger partial charge in [-0.2, -0.15) is 0 Å². The van der Waals surface area contributed by atoms with Gasteiger partial charge in [-0.25, -0.2) is 0 Å². The van der Waals surface area contributed by atoms with Crippen molar-refractivity contribution in [3.63, 3.8) is 0 Å². The quantitative estimate of drug-likeness (QED) is 0.757. The fraction of sp³-hybridized carbons (Fsp3) is 0.391. The molecule has 0 unspecified atom stereocenters. The van der Waals surface area contributed by atoms with Crippen LogP contribution in [0.4, 0.5) is 5.69 Å². The SMILES string of the molecule is CC(C)NC(=O)c1ccccc1NC(=O)c1ccc(OC2CCCCC2)cc1. The molecule has 0 aliphatic heterocycles. The molecule has 5 heteroatoms. The lowest BCUT2D eigenvalue weighted by atomic mass is 9.98. The predicted octanol–water partition coefficient (Wildman–Crippen LogP) is 4.79. The molecule has 1 aliphatic rings. The van der Waals surface area contributed by atoms with Crippen molar-refractivity contribution in [3.05, 3.63) is 59.7 Å². The van der Waals surface area contributed by atoms with Crippen molar-refractivity contribution in [2.24, 2.45) is 0 Å². The lowest BCUT2D eigenvalue weighted by Gasteiger charge is -2.23. The maximum absolute atomic E-state index is 12.6. The molecule has 5 nitrogen and oxygen atoms in total. The average molecular weight is 380 g/mol. The Morgan fingerprint density at radius 1 is 0.929 bits per heavy atom. The van der Waals surface area contributed by atoms with E-state index in [9.17, 15) is 9.59 Å². The lowest BCUT2D eigenvalue weighted by Crippen LogP contribution is -2.31. The highest BCUT2D eigenvalue weighted by molar-refractivity contribution is 6.09. The number of anilines is 1. The Kier molecular flexibility index (Phi) is 6.69. The lowest BCUT2D eigenvalue weighted by molar-refractivity contribution is 0.0944. The van der Waals surface area contributed by atoms with Gasteiger partial charge in [-0.05, 0) is 75.9 Å². The van der Waals surface area contributed by atoms with Gasteiger partial charge in [-0.15, -0.1) is 0 Å². The molecular formula is C23H28N2O3. The predicted molar refractivity (Wildman–Crippen MR) is 111 cm³/mol. The van der Waals surface area contributed by atoms with Crippen LogP contribution in [0.1, 0.15) is 66.7 Å². The zero-order valence-corrected chi connectivity index (χ0v) is 16.5. The molecule has 148 valence electrons. The molecule has 0 atom stereocenters. The van der Waals surface area contributed by atoms with Crippen LogP contribution in [-0.4, -0.2) is 24.0 Å². The Balaban J connectivity index is 1.65. The fourth-order valence-corrected chi connectivity index (χ4v) is 3.38. The minimum Gasteiger partial charge on any atom is -0.490 e. The largest absolute Gasteiger partial charge is 0.490 e. The molecule has 3 rings (SSSR count). The number of ether oxygens (including phenoxy) is 1. The molecule has 2 aromatic carbocycles. The van der Waals surface area contributed by atoms with Gasteiger partial charge in [0.05, 0.1) is 17.4 Å². The van der Waals surface area contributed by atoms with Gasteiger partial charge in [0.1, 0.15) is 5.75 Å². The van der Waals surface area contributed by atoms with Gasteiger partial charge in [-0.1, -0.05) is 18.6 Å². The van der Waals surface area contributed by atoms with Crippen LogP contribution < -0.4 is 15.4 Å². The molecule has 0 aromatic heterocycles. The van der Waals surface area contributed by atoms with Gasteiger partial charge in [0.2, 0.25) is 0 Å². The molecule has 0 bridgehead atoms. The molecule has 0 radical (unpaired) electrons. The van der Waals surface area contributed by atoms with E-state index in [2.05, 4.69) is 10.6 Å². The molecule has 0 saturated heterocycles. The fourth-order valence-electron chi connectivity index (χ4n) is 3.38. The van der Waals surface area contributed by atoms with E-state index in [1.165, 1.54) is 19.3 Å². The van der Waals surface area contributed by atoms with E-state index in [0.717, 1.165) is 18.6 Å².